The summed E-state index contributed by atoms with van der Waals surface area (Å²) in [6.45, 7) is 8.24. The number of hydrogen-bond acceptors (Lipinski definition) is 3. The standard InChI is InChI=1S/C13H15.3CH2O.Fe/c1-2-3-6-11-9-12-7-4-5-8-13(12)10-11;3*1-2;/h4-5,7-10H,2-3,6H2,1H3;3*1H2;/q-1;;;;. The molecule has 0 aromatic heterocycles. The van der Waals surface area contributed by atoms with Gasteiger partial charge in [0.1, 0.15) is 20.4 Å². The molecule has 2 rings (SSSR count). The van der Waals surface area contributed by atoms with E-state index in [4.69, 9.17) is 14.4 Å². The second-order valence-corrected chi connectivity index (χ2v) is 3.60. The van der Waals surface area contributed by atoms with Crippen LogP contribution in [0, 0.1) is 0 Å². The number of benzene rings is 1. The first-order valence-corrected chi connectivity index (χ1v) is 5.91. The average Bonchev–Trinajstić information content (AvgIpc) is 2.94. The van der Waals surface area contributed by atoms with E-state index in [9.17, 15) is 0 Å². The van der Waals surface area contributed by atoms with E-state index in [1.165, 1.54) is 35.6 Å². The Kier molecular flexibility index (Phi) is 20.4. The van der Waals surface area contributed by atoms with Gasteiger partial charge in [0.25, 0.3) is 0 Å². The molecule has 0 fully saturated rings. The molecule has 0 unspecified atom stereocenters. The Balaban J connectivity index is -0.000000368. The van der Waals surface area contributed by atoms with Crippen molar-refractivity contribution in [2.75, 3.05) is 0 Å². The smallest absolute Gasteiger partial charge is 0.106 e. The van der Waals surface area contributed by atoms with Crippen LogP contribution in [0.25, 0.3) is 10.8 Å². The Morgan fingerprint density at radius 3 is 2.05 bits per heavy atom. The molecule has 4 heteroatoms. The maximum absolute atomic E-state index is 8.00. The van der Waals surface area contributed by atoms with Gasteiger partial charge >= 0.3 is 0 Å². The van der Waals surface area contributed by atoms with E-state index in [2.05, 4.69) is 43.3 Å². The molecule has 0 aliphatic carbocycles. The van der Waals surface area contributed by atoms with E-state index < -0.39 is 0 Å². The van der Waals surface area contributed by atoms with Crippen molar-refractivity contribution in [3.05, 3.63) is 42.0 Å². The van der Waals surface area contributed by atoms with E-state index in [0.717, 1.165) is 0 Å². The maximum atomic E-state index is 8.00. The first-order valence-electron chi connectivity index (χ1n) is 5.91. The number of unbranched alkanes of at least 4 members (excludes halogenated alkanes) is 1. The normalized spacial score (nSPS) is 7.65. The van der Waals surface area contributed by atoms with Crippen LogP contribution in [0.2, 0.25) is 0 Å². The molecule has 0 aliphatic heterocycles. The van der Waals surface area contributed by atoms with E-state index in [1.807, 2.05) is 20.4 Å². The Morgan fingerprint density at radius 2 is 1.55 bits per heavy atom. The van der Waals surface area contributed by atoms with Gasteiger partial charge in [0, 0.05) is 17.1 Å². The Hall–Kier alpha value is -1.64. The number of carbonyl (C=O) groups is 3. The predicted molar refractivity (Wildman–Crippen MR) is 79.5 cm³/mol. The molecule has 0 saturated carbocycles. The topological polar surface area (TPSA) is 51.2 Å². The molecule has 2 aromatic rings. The zero-order valence-electron chi connectivity index (χ0n) is 11.8. The van der Waals surface area contributed by atoms with Gasteiger partial charge in [0.2, 0.25) is 0 Å². The fraction of sp³-hybridized carbons (Fsp3) is 0.250. The van der Waals surface area contributed by atoms with Crippen LogP contribution in [0.5, 0.6) is 0 Å². The summed E-state index contributed by atoms with van der Waals surface area (Å²) in [5, 5.41) is 2.77. The number of aryl methyl sites for hydroxylation is 1. The molecular formula is C16H21FeO3-. The summed E-state index contributed by atoms with van der Waals surface area (Å²) < 4.78 is 0. The Bertz CT molecular complexity index is 402. The summed E-state index contributed by atoms with van der Waals surface area (Å²) in [4.78, 5) is 24.0. The summed E-state index contributed by atoms with van der Waals surface area (Å²) >= 11 is 0. The molecular weight excluding hydrogens is 296 g/mol. The molecule has 2 aromatic carbocycles. The third-order valence-electron chi connectivity index (χ3n) is 2.50. The molecule has 0 aliphatic rings. The molecule has 3 nitrogen and oxygen atoms in total. The van der Waals surface area contributed by atoms with Crippen LogP contribution in [0.1, 0.15) is 25.3 Å². The Morgan fingerprint density at radius 1 is 1.00 bits per heavy atom. The van der Waals surface area contributed by atoms with Gasteiger partial charge in [-0.2, -0.15) is 6.07 Å². The van der Waals surface area contributed by atoms with Crippen molar-refractivity contribution in [1.82, 2.24) is 0 Å². The van der Waals surface area contributed by atoms with Crippen molar-refractivity contribution in [3.63, 3.8) is 0 Å². The summed E-state index contributed by atoms with van der Waals surface area (Å²) in [6, 6.07) is 13.2. The molecule has 0 bridgehead atoms. The first kappa shape index (κ1) is 23.5. The van der Waals surface area contributed by atoms with E-state index >= 15 is 0 Å². The maximum Gasteiger partial charge on any atom is 0.106 e. The summed E-state index contributed by atoms with van der Waals surface area (Å²) in [5.74, 6) is 0. The third-order valence-corrected chi connectivity index (χ3v) is 2.50. The molecule has 0 heterocycles. The quantitative estimate of drug-likeness (QED) is 0.644. The second kappa shape index (κ2) is 17.4. The molecule has 0 spiro atoms. The molecule has 112 valence electrons. The monoisotopic (exact) mass is 317 g/mol. The van der Waals surface area contributed by atoms with Crippen molar-refractivity contribution in [1.29, 1.82) is 0 Å². The van der Waals surface area contributed by atoms with Crippen molar-refractivity contribution in [2.24, 2.45) is 0 Å². The largest absolute Gasteiger partial charge is 0.307 e. The zero-order valence-corrected chi connectivity index (χ0v) is 12.9. The van der Waals surface area contributed by atoms with E-state index in [-0.39, 0.29) is 17.1 Å². The number of fused-ring (bicyclic) bond motifs is 1. The van der Waals surface area contributed by atoms with Crippen LogP contribution in [0.15, 0.2) is 36.4 Å². The second-order valence-electron chi connectivity index (χ2n) is 3.60. The van der Waals surface area contributed by atoms with Crippen LogP contribution >= 0.6 is 0 Å². The van der Waals surface area contributed by atoms with Crippen LogP contribution in [-0.2, 0) is 37.9 Å². The molecule has 0 N–H and O–H groups in total. The van der Waals surface area contributed by atoms with Gasteiger partial charge in [0.15, 0.2) is 0 Å². The first-order chi connectivity index (χ1) is 9.40. The van der Waals surface area contributed by atoms with Crippen LogP contribution in [0.3, 0.4) is 0 Å². The van der Waals surface area contributed by atoms with Crippen molar-refractivity contribution in [3.8, 4) is 0 Å². The van der Waals surface area contributed by atoms with Gasteiger partial charge in [-0.25, -0.2) is 0 Å². The van der Waals surface area contributed by atoms with Gasteiger partial charge < -0.3 is 14.4 Å². The minimum atomic E-state index is 0. The van der Waals surface area contributed by atoms with Gasteiger partial charge in [-0.05, 0) is 6.42 Å². The van der Waals surface area contributed by atoms with Crippen LogP contribution in [0.4, 0.5) is 0 Å². The van der Waals surface area contributed by atoms with E-state index in [0.29, 0.717) is 0 Å². The number of rotatable bonds is 3. The molecule has 0 amide bonds. The molecule has 20 heavy (non-hydrogen) atoms. The van der Waals surface area contributed by atoms with Gasteiger partial charge in [0.05, 0.1) is 0 Å². The number of hydrogen-bond donors (Lipinski definition) is 0. The minimum absolute atomic E-state index is 0. The predicted octanol–water partition coefficient (Wildman–Crippen LogP) is 3.34. The van der Waals surface area contributed by atoms with Crippen molar-refractivity contribution < 1.29 is 31.5 Å². The summed E-state index contributed by atoms with van der Waals surface area (Å²) in [7, 11) is 0. The van der Waals surface area contributed by atoms with Gasteiger partial charge in [-0.3, -0.25) is 0 Å². The summed E-state index contributed by atoms with van der Waals surface area (Å²) in [5.41, 5.74) is 1.49. The van der Waals surface area contributed by atoms with Crippen LogP contribution < -0.4 is 0 Å². The van der Waals surface area contributed by atoms with Crippen LogP contribution in [-0.4, -0.2) is 20.4 Å². The summed E-state index contributed by atoms with van der Waals surface area (Å²) in [6.07, 6.45) is 3.81. The third kappa shape index (κ3) is 8.46. The van der Waals surface area contributed by atoms with Crippen molar-refractivity contribution >= 4 is 31.1 Å². The molecule has 0 atom stereocenters. The molecule has 0 radical (unpaired) electrons. The van der Waals surface area contributed by atoms with Gasteiger partial charge in [-0.1, -0.05) is 25.8 Å². The Labute approximate surface area is 131 Å². The molecule has 0 saturated heterocycles. The number of carbonyl (C=O) groups excluding carboxylic acids is 3. The fourth-order valence-corrected chi connectivity index (χ4v) is 1.74. The zero-order chi connectivity index (χ0) is 15.1. The average molecular weight is 317 g/mol. The van der Waals surface area contributed by atoms with E-state index in [1.54, 1.807) is 0 Å². The SMILES string of the molecule is C=O.C=O.C=O.CCCCc1cc2ccccc2[cH-]1.[Fe]. The minimum Gasteiger partial charge on any atom is -0.307 e. The van der Waals surface area contributed by atoms with Crippen molar-refractivity contribution in [2.45, 2.75) is 26.2 Å². The fourth-order valence-electron chi connectivity index (χ4n) is 1.74. The van der Waals surface area contributed by atoms with Gasteiger partial charge in [-0.15, -0.1) is 40.6 Å².